The summed E-state index contributed by atoms with van der Waals surface area (Å²) in [6, 6.07) is 12.2. The Kier molecular flexibility index (Phi) is 4.86. The van der Waals surface area contributed by atoms with Gasteiger partial charge in [-0.2, -0.15) is 0 Å². The molecule has 0 spiro atoms. The molecule has 2 aromatic carbocycles. The van der Waals surface area contributed by atoms with Crippen LogP contribution in [0.15, 0.2) is 42.5 Å². The van der Waals surface area contributed by atoms with Crippen LogP contribution in [-0.2, 0) is 17.8 Å². The average Bonchev–Trinajstić information content (AvgIpc) is 3.41. The van der Waals surface area contributed by atoms with E-state index in [1.807, 2.05) is 29.2 Å². The highest BCUT2D eigenvalue weighted by Gasteiger charge is 2.23. The Morgan fingerprint density at radius 1 is 1.00 bits per heavy atom. The molecular weight excluding hydrogens is 368 g/mol. The summed E-state index contributed by atoms with van der Waals surface area (Å²) in [4.78, 5) is 16.0. The Morgan fingerprint density at radius 3 is 2.72 bits per heavy atom. The molecule has 1 N–H and O–H groups in total. The van der Waals surface area contributed by atoms with Crippen LogP contribution in [0.3, 0.4) is 0 Å². The molecule has 0 bridgehead atoms. The molecule has 0 aliphatic carbocycles. The van der Waals surface area contributed by atoms with Gasteiger partial charge in [-0.05, 0) is 47.5 Å². The minimum Gasteiger partial charge on any atom is -0.493 e. The van der Waals surface area contributed by atoms with Crippen molar-refractivity contribution in [2.24, 2.45) is 0 Å². The highest BCUT2D eigenvalue weighted by Crippen LogP contribution is 2.32. The van der Waals surface area contributed by atoms with Crippen molar-refractivity contribution in [2.75, 3.05) is 39.6 Å². The maximum Gasteiger partial charge on any atom is 0.246 e. The molecule has 0 atom stereocenters. The minimum absolute atomic E-state index is 0.0661. The van der Waals surface area contributed by atoms with Crippen molar-refractivity contribution in [1.29, 1.82) is 0 Å². The summed E-state index contributed by atoms with van der Waals surface area (Å²) in [6.45, 7) is 5.57. The van der Waals surface area contributed by atoms with E-state index in [-0.39, 0.29) is 12.7 Å². The average molecular weight is 393 g/mol. The topological polar surface area (TPSA) is 52.4 Å². The van der Waals surface area contributed by atoms with Crippen molar-refractivity contribution in [3.63, 3.8) is 0 Å². The molecule has 1 saturated heterocycles. The lowest BCUT2D eigenvalue weighted by Crippen LogP contribution is -3.13. The van der Waals surface area contributed by atoms with Crippen LogP contribution in [0.25, 0.3) is 6.08 Å². The number of carbonyl (C=O) groups is 1. The van der Waals surface area contributed by atoms with Crippen LogP contribution in [0.5, 0.6) is 17.2 Å². The first-order valence-electron chi connectivity index (χ1n) is 10.2. The normalized spacial score (nSPS) is 18.1. The summed E-state index contributed by atoms with van der Waals surface area (Å²) in [5, 5.41) is 0. The molecule has 1 fully saturated rings. The van der Waals surface area contributed by atoms with E-state index in [2.05, 4.69) is 18.2 Å². The highest BCUT2D eigenvalue weighted by atomic mass is 16.7. The van der Waals surface area contributed by atoms with E-state index in [9.17, 15) is 4.79 Å². The van der Waals surface area contributed by atoms with E-state index in [4.69, 9.17) is 14.2 Å². The maximum atomic E-state index is 12.6. The number of nitrogens with zero attached hydrogens (tertiary/aromatic N) is 1. The van der Waals surface area contributed by atoms with Gasteiger partial charge >= 0.3 is 0 Å². The molecule has 0 saturated carbocycles. The number of hydrogen-bond acceptors (Lipinski definition) is 4. The second-order valence-corrected chi connectivity index (χ2v) is 7.74. The standard InChI is InChI=1S/C23H24N2O4/c26-23(6-3-17-1-5-21-22(14-17)29-16-28-21)25-10-8-24(9-11-25)15-18-2-4-20-19(13-18)7-12-27-20/h1-6,13-14H,7-12,15-16H2/p+1/b6-3+. The number of fused-ring (bicyclic) bond motifs is 2. The quantitative estimate of drug-likeness (QED) is 0.796. The molecule has 3 aliphatic rings. The van der Waals surface area contributed by atoms with E-state index < -0.39 is 0 Å². The Labute approximate surface area is 170 Å². The van der Waals surface area contributed by atoms with E-state index in [1.54, 1.807) is 6.08 Å². The van der Waals surface area contributed by atoms with Gasteiger partial charge in [0.2, 0.25) is 12.7 Å². The number of amides is 1. The van der Waals surface area contributed by atoms with E-state index in [1.165, 1.54) is 16.0 Å². The monoisotopic (exact) mass is 393 g/mol. The number of benzene rings is 2. The number of rotatable bonds is 4. The molecule has 2 aromatic rings. The third-order valence-electron chi connectivity index (χ3n) is 5.81. The lowest BCUT2D eigenvalue weighted by Gasteiger charge is -2.31. The minimum atomic E-state index is 0.0661. The lowest BCUT2D eigenvalue weighted by atomic mass is 10.1. The third kappa shape index (κ3) is 3.93. The maximum absolute atomic E-state index is 12.6. The SMILES string of the molecule is O=C(/C=C/c1ccc2c(c1)OCO2)N1CC[NH+](Cc2ccc3c(c2)CCO3)CC1. The largest absolute Gasteiger partial charge is 0.493 e. The van der Waals surface area contributed by atoms with E-state index in [0.29, 0.717) is 0 Å². The van der Waals surface area contributed by atoms with E-state index in [0.717, 1.165) is 68.6 Å². The number of quaternary nitrogens is 1. The molecule has 5 rings (SSSR count). The van der Waals surface area contributed by atoms with Gasteiger partial charge in [-0.1, -0.05) is 6.07 Å². The van der Waals surface area contributed by atoms with Gasteiger partial charge in [-0.3, -0.25) is 4.79 Å². The summed E-state index contributed by atoms with van der Waals surface area (Å²) in [7, 11) is 0. The van der Waals surface area contributed by atoms with Gasteiger partial charge in [0.25, 0.3) is 0 Å². The van der Waals surface area contributed by atoms with Crippen LogP contribution < -0.4 is 19.1 Å². The molecule has 6 nitrogen and oxygen atoms in total. The third-order valence-corrected chi connectivity index (χ3v) is 5.81. The Balaban J connectivity index is 1.14. The van der Waals surface area contributed by atoms with Crippen molar-refractivity contribution >= 4 is 12.0 Å². The molecule has 0 unspecified atom stereocenters. The Bertz CT molecular complexity index is 948. The van der Waals surface area contributed by atoms with Crippen molar-refractivity contribution in [3.05, 3.63) is 59.2 Å². The van der Waals surface area contributed by atoms with Crippen LogP contribution in [0, 0.1) is 0 Å². The van der Waals surface area contributed by atoms with Gasteiger partial charge in [0.05, 0.1) is 32.8 Å². The fraction of sp³-hybridized carbons (Fsp3) is 0.348. The number of nitrogens with one attached hydrogen (secondary N) is 1. The first-order valence-corrected chi connectivity index (χ1v) is 10.2. The van der Waals surface area contributed by atoms with Crippen LogP contribution in [-0.4, -0.2) is 50.4 Å². The van der Waals surface area contributed by atoms with Gasteiger partial charge in [0.1, 0.15) is 12.3 Å². The summed E-state index contributed by atoms with van der Waals surface area (Å²) < 4.78 is 16.3. The summed E-state index contributed by atoms with van der Waals surface area (Å²) in [5.41, 5.74) is 3.61. The van der Waals surface area contributed by atoms with Crippen molar-refractivity contribution in [3.8, 4) is 17.2 Å². The molecule has 29 heavy (non-hydrogen) atoms. The van der Waals surface area contributed by atoms with Gasteiger partial charge in [0, 0.05) is 18.1 Å². The number of ether oxygens (including phenoxy) is 3. The lowest BCUT2D eigenvalue weighted by molar-refractivity contribution is -0.917. The van der Waals surface area contributed by atoms with Gasteiger partial charge < -0.3 is 24.0 Å². The smallest absolute Gasteiger partial charge is 0.246 e. The molecule has 6 heteroatoms. The zero-order valence-electron chi connectivity index (χ0n) is 16.4. The summed E-state index contributed by atoms with van der Waals surface area (Å²) >= 11 is 0. The van der Waals surface area contributed by atoms with Crippen LogP contribution >= 0.6 is 0 Å². The Morgan fingerprint density at radius 2 is 1.83 bits per heavy atom. The zero-order valence-corrected chi connectivity index (χ0v) is 16.4. The molecule has 3 aliphatic heterocycles. The van der Waals surface area contributed by atoms with Gasteiger partial charge in [-0.25, -0.2) is 0 Å². The number of carbonyl (C=O) groups excluding carboxylic acids is 1. The molecule has 3 heterocycles. The zero-order chi connectivity index (χ0) is 19.6. The van der Waals surface area contributed by atoms with Crippen molar-refractivity contribution in [1.82, 2.24) is 4.90 Å². The Hall–Kier alpha value is -2.99. The second-order valence-electron chi connectivity index (χ2n) is 7.74. The molecular formula is C23H25N2O4+. The summed E-state index contributed by atoms with van der Waals surface area (Å²) in [5.74, 6) is 2.59. The van der Waals surface area contributed by atoms with Gasteiger partial charge in [0.15, 0.2) is 11.5 Å². The van der Waals surface area contributed by atoms with Crippen LogP contribution in [0.4, 0.5) is 0 Å². The number of piperazine rings is 1. The van der Waals surface area contributed by atoms with E-state index >= 15 is 0 Å². The molecule has 0 aromatic heterocycles. The van der Waals surface area contributed by atoms with Crippen molar-refractivity contribution < 1.29 is 23.9 Å². The fourth-order valence-electron chi connectivity index (χ4n) is 4.15. The first-order chi connectivity index (χ1) is 14.2. The fourth-order valence-corrected chi connectivity index (χ4v) is 4.15. The predicted molar refractivity (Wildman–Crippen MR) is 108 cm³/mol. The first kappa shape index (κ1) is 18.1. The van der Waals surface area contributed by atoms with Crippen molar-refractivity contribution in [2.45, 2.75) is 13.0 Å². The molecule has 150 valence electrons. The van der Waals surface area contributed by atoms with Gasteiger partial charge in [-0.15, -0.1) is 0 Å². The molecule has 0 radical (unpaired) electrons. The van der Waals surface area contributed by atoms with Crippen LogP contribution in [0.2, 0.25) is 0 Å². The number of hydrogen-bond donors (Lipinski definition) is 1. The highest BCUT2D eigenvalue weighted by molar-refractivity contribution is 5.91. The van der Waals surface area contributed by atoms with Crippen LogP contribution in [0.1, 0.15) is 16.7 Å². The second kappa shape index (κ2) is 7.79. The predicted octanol–water partition coefficient (Wildman–Crippen LogP) is 1.29. The molecule has 1 amide bonds. The summed E-state index contributed by atoms with van der Waals surface area (Å²) in [6.07, 6.45) is 4.51.